The van der Waals surface area contributed by atoms with Gasteiger partial charge in [0.15, 0.2) is 0 Å². The standard InChI is InChI=1S/C14H20N2O3S/c1-4-9(2)12(13(17)18)16-14(19)15-10-6-5-7-11(8-10)20-3/h5-9,12H,4H2,1-3H3,(H,17,18)(H2,15,16,19)/t9?,12-/m0/s1. The maximum absolute atomic E-state index is 11.9. The SMILES string of the molecule is CCC(C)[C@H](NC(=O)Nc1cccc(SC)c1)C(=O)O. The largest absolute Gasteiger partial charge is 0.480 e. The number of benzene rings is 1. The summed E-state index contributed by atoms with van der Waals surface area (Å²) in [5, 5.41) is 14.3. The van der Waals surface area contributed by atoms with Crippen LogP contribution in [0.3, 0.4) is 0 Å². The van der Waals surface area contributed by atoms with Gasteiger partial charge in [-0.15, -0.1) is 11.8 Å². The zero-order valence-corrected chi connectivity index (χ0v) is 12.7. The number of carbonyl (C=O) groups is 2. The Kier molecular flexibility index (Phi) is 6.38. The monoisotopic (exact) mass is 296 g/mol. The Bertz CT molecular complexity index is 479. The third-order valence-corrected chi connectivity index (χ3v) is 3.82. The van der Waals surface area contributed by atoms with Crippen molar-refractivity contribution in [1.29, 1.82) is 0 Å². The molecule has 6 heteroatoms. The topological polar surface area (TPSA) is 78.4 Å². The number of carboxylic acid groups (broad SMARTS) is 1. The van der Waals surface area contributed by atoms with Gasteiger partial charge in [-0.3, -0.25) is 0 Å². The highest BCUT2D eigenvalue weighted by Crippen LogP contribution is 2.19. The number of urea groups is 1. The minimum absolute atomic E-state index is 0.129. The van der Waals surface area contributed by atoms with Crippen molar-refractivity contribution < 1.29 is 14.7 Å². The van der Waals surface area contributed by atoms with Crippen LogP contribution in [-0.4, -0.2) is 29.4 Å². The van der Waals surface area contributed by atoms with Crippen molar-refractivity contribution in [3.05, 3.63) is 24.3 Å². The van der Waals surface area contributed by atoms with E-state index in [0.717, 1.165) is 4.90 Å². The molecule has 0 aliphatic rings. The van der Waals surface area contributed by atoms with Crippen LogP contribution >= 0.6 is 11.8 Å². The van der Waals surface area contributed by atoms with E-state index in [0.29, 0.717) is 12.1 Å². The number of thioether (sulfide) groups is 1. The summed E-state index contributed by atoms with van der Waals surface area (Å²) in [6.45, 7) is 3.69. The summed E-state index contributed by atoms with van der Waals surface area (Å²) in [5.74, 6) is -1.15. The number of nitrogens with one attached hydrogen (secondary N) is 2. The van der Waals surface area contributed by atoms with Gasteiger partial charge in [-0.25, -0.2) is 9.59 Å². The minimum Gasteiger partial charge on any atom is -0.480 e. The van der Waals surface area contributed by atoms with E-state index in [4.69, 9.17) is 5.11 Å². The Morgan fingerprint density at radius 1 is 1.40 bits per heavy atom. The maximum Gasteiger partial charge on any atom is 0.326 e. The van der Waals surface area contributed by atoms with Crippen LogP contribution in [0.5, 0.6) is 0 Å². The number of anilines is 1. The van der Waals surface area contributed by atoms with Gasteiger partial charge in [-0.2, -0.15) is 0 Å². The fraction of sp³-hybridized carbons (Fsp3) is 0.429. The molecule has 0 aliphatic heterocycles. The molecule has 0 aromatic heterocycles. The van der Waals surface area contributed by atoms with Crippen molar-refractivity contribution in [2.75, 3.05) is 11.6 Å². The minimum atomic E-state index is -1.02. The first-order valence-corrected chi connectivity index (χ1v) is 7.64. The molecule has 0 radical (unpaired) electrons. The van der Waals surface area contributed by atoms with Crippen LogP contribution in [0.2, 0.25) is 0 Å². The van der Waals surface area contributed by atoms with Crippen LogP contribution < -0.4 is 10.6 Å². The van der Waals surface area contributed by atoms with Crippen molar-refractivity contribution in [2.45, 2.75) is 31.2 Å². The van der Waals surface area contributed by atoms with Crippen LogP contribution in [0.15, 0.2) is 29.2 Å². The fourth-order valence-corrected chi connectivity index (χ4v) is 2.15. The van der Waals surface area contributed by atoms with Gasteiger partial charge in [0.1, 0.15) is 6.04 Å². The fourth-order valence-electron chi connectivity index (χ4n) is 1.69. The summed E-state index contributed by atoms with van der Waals surface area (Å²) in [6, 6.07) is 5.99. The van der Waals surface area contributed by atoms with Crippen LogP contribution in [0.25, 0.3) is 0 Å². The van der Waals surface area contributed by atoms with Gasteiger partial charge in [-0.05, 0) is 30.4 Å². The molecule has 0 fully saturated rings. The number of carbonyl (C=O) groups excluding carboxylic acids is 1. The smallest absolute Gasteiger partial charge is 0.326 e. The molecule has 0 saturated carbocycles. The molecule has 2 amide bonds. The van der Waals surface area contributed by atoms with E-state index in [2.05, 4.69) is 10.6 Å². The lowest BCUT2D eigenvalue weighted by molar-refractivity contribution is -0.140. The number of hydrogen-bond acceptors (Lipinski definition) is 3. The Hall–Kier alpha value is -1.69. The number of rotatable bonds is 6. The lowest BCUT2D eigenvalue weighted by Crippen LogP contribution is -2.46. The normalized spacial score (nSPS) is 13.3. The molecule has 1 aromatic carbocycles. The second-order valence-electron chi connectivity index (χ2n) is 4.53. The third-order valence-electron chi connectivity index (χ3n) is 3.09. The van der Waals surface area contributed by atoms with Gasteiger partial charge in [0.2, 0.25) is 0 Å². The summed E-state index contributed by atoms with van der Waals surface area (Å²) in [6.07, 6.45) is 2.63. The van der Waals surface area contributed by atoms with Crippen molar-refractivity contribution in [3.8, 4) is 0 Å². The van der Waals surface area contributed by atoms with Crippen molar-refractivity contribution in [1.82, 2.24) is 5.32 Å². The van der Waals surface area contributed by atoms with Crippen LogP contribution in [0.4, 0.5) is 10.5 Å². The first kappa shape index (κ1) is 16.4. The lowest BCUT2D eigenvalue weighted by Gasteiger charge is -2.20. The molecule has 0 aliphatic carbocycles. The predicted molar refractivity (Wildman–Crippen MR) is 81.3 cm³/mol. The van der Waals surface area contributed by atoms with E-state index in [9.17, 15) is 9.59 Å². The Morgan fingerprint density at radius 3 is 2.65 bits per heavy atom. The molecule has 5 nitrogen and oxygen atoms in total. The molecule has 0 spiro atoms. The second-order valence-corrected chi connectivity index (χ2v) is 5.41. The molecular weight excluding hydrogens is 276 g/mol. The van der Waals surface area contributed by atoms with Gasteiger partial charge in [0, 0.05) is 10.6 Å². The van der Waals surface area contributed by atoms with E-state index >= 15 is 0 Å². The highest BCUT2D eigenvalue weighted by atomic mass is 32.2. The highest BCUT2D eigenvalue weighted by Gasteiger charge is 2.25. The molecule has 20 heavy (non-hydrogen) atoms. The molecule has 0 saturated heterocycles. The van der Waals surface area contributed by atoms with Crippen LogP contribution in [0.1, 0.15) is 20.3 Å². The summed E-state index contributed by atoms with van der Waals surface area (Å²) >= 11 is 1.57. The van der Waals surface area contributed by atoms with Gasteiger partial charge in [0.05, 0.1) is 0 Å². The molecule has 1 aromatic rings. The summed E-state index contributed by atoms with van der Waals surface area (Å²) in [7, 11) is 0. The molecule has 0 bridgehead atoms. The Morgan fingerprint density at radius 2 is 2.10 bits per heavy atom. The van der Waals surface area contributed by atoms with E-state index in [1.54, 1.807) is 24.8 Å². The van der Waals surface area contributed by atoms with Gasteiger partial charge in [0.25, 0.3) is 0 Å². The van der Waals surface area contributed by atoms with Gasteiger partial charge < -0.3 is 15.7 Å². The van der Waals surface area contributed by atoms with Crippen molar-refractivity contribution in [2.24, 2.45) is 5.92 Å². The van der Waals surface area contributed by atoms with E-state index in [1.807, 2.05) is 31.4 Å². The first-order valence-electron chi connectivity index (χ1n) is 6.42. The summed E-state index contributed by atoms with van der Waals surface area (Å²) < 4.78 is 0. The number of aliphatic carboxylic acids is 1. The van der Waals surface area contributed by atoms with E-state index in [-0.39, 0.29) is 5.92 Å². The average molecular weight is 296 g/mol. The van der Waals surface area contributed by atoms with Crippen LogP contribution in [-0.2, 0) is 4.79 Å². The van der Waals surface area contributed by atoms with E-state index in [1.165, 1.54) is 0 Å². The molecular formula is C14H20N2O3S. The van der Waals surface area contributed by atoms with Gasteiger partial charge >= 0.3 is 12.0 Å². The summed E-state index contributed by atoms with van der Waals surface area (Å²) in [4.78, 5) is 24.0. The molecule has 110 valence electrons. The summed E-state index contributed by atoms with van der Waals surface area (Å²) in [5.41, 5.74) is 0.641. The quantitative estimate of drug-likeness (QED) is 0.705. The number of amides is 2. The zero-order valence-electron chi connectivity index (χ0n) is 11.8. The number of carboxylic acids is 1. The molecule has 1 unspecified atom stereocenters. The lowest BCUT2D eigenvalue weighted by atomic mass is 9.99. The average Bonchev–Trinajstić information content (AvgIpc) is 2.43. The zero-order chi connectivity index (χ0) is 15.1. The van der Waals surface area contributed by atoms with Crippen molar-refractivity contribution in [3.63, 3.8) is 0 Å². The molecule has 1 rings (SSSR count). The third kappa shape index (κ3) is 4.77. The number of hydrogen-bond donors (Lipinski definition) is 3. The van der Waals surface area contributed by atoms with Crippen molar-refractivity contribution >= 4 is 29.4 Å². The second kappa shape index (κ2) is 7.79. The molecule has 0 heterocycles. The Labute approximate surface area is 123 Å². The first-order chi connectivity index (χ1) is 9.47. The van der Waals surface area contributed by atoms with Crippen LogP contribution in [0, 0.1) is 5.92 Å². The maximum atomic E-state index is 11.9. The van der Waals surface area contributed by atoms with Gasteiger partial charge in [-0.1, -0.05) is 26.3 Å². The Balaban J connectivity index is 2.68. The van der Waals surface area contributed by atoms with E-state index < -0.39 is 18.0 Å². The molecule has 2 atom stereocenters. The molecule has 3 N–H and O–H groups in total. The highest BCUT2D eigenvalue weighted by molar-refractivity contribution is 7.98. The predicted octanol–water partition coefficient (Wildman–Crippen LogP) is 3.03.